The number of amides is 1. The molecule has 0 atom stereocenters. The van der Waals surface area contributed by atoms with Crippen LogP contribution in [0.1, 0.15) is 23.9 Å². The molecule has 1 aromatic carbocycles. The highest BCUT2D eigenvalue weighted by Gasteiger charge is 2.20. The first-order chi connectivity index (χ1) is 15.1. The van der Waals surface area contributed by atoms with Crippen molar-refractivity contribution >= 4 is 50.1 Å². The number of aromatic nitrogens is 3. The predicted octanol–water partition coefficient (Wildman–Crippen LogP) is 4.08. The number of anilines is 1. The molecule has 0 aliphatic heterocycles. The van der Waals surface area contributed by atoms with E-state index in [-0.39, 0.29) is 26.6 Å². The Morgan fingerprint density at radius 1 is 1.38 bits per heavy atom. The summed E-state index contributed by atoms with van der Waals surface area (Å²) in [5.74, 6) is -1.46. The standard InChI is InChI=1S/C20H17ClFN5O3S2/c1-4-32(29,30)20-25-19(31-26-20)24-18(28)14(10-23)8-13-7-11(2)27(12(13)3)15-5-6-17(22)16(21)9-15/h5-9H,4H2,1-3H3,(H,24,25,26,28)/b14-8-. The minimum absolute atomic E-state index is 0.0225. The summed E-state index contributed by atoms with van der Waals surface area (Å²) in [7, 11) is -3.61. The average Bonchev–Trinajstić information content (AvgIpc) is 3.33. The molecule has 2 aromatic heterocycles. The van der Waals surface area contributed by atoms with E-state index >= 15 is 0 Å². The van der Waals surface area contributed by atoms with E-state index in [0.29, 0.717) is 28.5 Å². The van der Waals surface area contributed by atoms with Gasteiger partial charge in [-0.1, -0.05) is 18.5 Å². The van der Waals surface area contributed by atoms with Crippen molar-refractivity contribution in [2.45, 2.75) is 25.9 Å². The van der Waals surface area contributed by atoms with Crippen LogP contribution >= 0.6 is 23.1 Å². The number of aryl methyl sites for hydroxylation is 1. The van der Waals surface area contributed by atoms with Crippen LogP contribution in [0, 0.1) is 31.0 Å². The number of carbonyl (C=O) groups is 1. The summed E-state index contributed by atoms with van der Waals surface area (Å²) in [6.07, 6.45) is 1.41. The predicted molar refractivity (Wildman–Crippen MR) is 120 cm³/mol. The number of halogens is 2. The highest BCUT2D eigenvalue weighted by atomic mass is 35.5. The number of nitrogens with zero attached hydrogens (tertiary/aromatic N) is 4. The number of hydrogen-bond acceptors (Lipinski definition) is 7. The van der Waals surface area contributed by atoms with Crippen molar-refractivity contribution in [2.24, 2.45) is 0 Å². The van der Waals surface area contributed by atoms with Crippen LogP contribution in [0.15, 0.2) is 35.0 Å². The molecule has 3 rings (SSSR count). The van der Waals surface area contributed by atoms with E-state index in [1.807, 2.05) is 17.6 Å². The zero-order chi connectivity index (χ0) is 23.6. The number of carbonyl (C=O) groups excluding carboxylic acids is 1. The average molecular weight is 494 g/mol. The van der Waals surface area contributed by atoms with Crippen molar-refractivity contribution in [3.8, 4) is 11.8 Å². The fourth-order valence-corrected chi connectivity index (χ4v) is 4.70. The van der Waals surface area contributed by atoms with E-state index in [0.717, 1.165) is 5.69 Å². The Hall–Kier alpha value is -3.07. The van der Waals surface area contributed by atoms with Gasteiger partial charge in [0.2, 0.25) is 15.0 Å². The van der Waals surface area contributed by atoms with E-state index in [2.05, 4.69) is 14.7 Å². The summed E-state index contributed by atoms with van der Waals surface area (Å²) in [5, 5.41) is 11.5. The Morgan fingerprint density at radius 2 is 2.09 bits per heavy atom. The van der Waals surface area contributed by atoms with Crippen LogP contribution in [0.3, 0.4) is 0 Å². The smallest absolute Gasteiger partial charge is 0.268 e. The number of hydrogen-bond donors (Lipinski definition) is 1. The van der Waals surface area contributed by atoms with Crippen molar-refractivity contribution in [3.05, 3.63) is 57.6 Å². The Kier molecular flexibility index (Phi) is 6.78. The minimum Gasteiger partial charge on any atom is -0.318 e. The van der Waals surface area contributed by atoms with Gasteiger partial charge in [0.15, 0.2) is 0 Å². The molecule has 8 nitrogen and oxygen atoms in total. The number of nitriles is 1. The summed E-state index contributed by atoms with van der Waals surface area (Å²) in [6, 6.07) is 7.93. The summed E-state index contributed by atoms with van der Waals surface area (Å²) in [6.45, 7) is 5.07. The van der Waals surface area contributed by atoms with Crippen LogP contribution in [-0.2, 0) is 14.6 Å². The zero-order valence-corrected chi connectivity index (χ0v) is 19.6. The normalized spacial score (nSPS) is 11.9. The van der Waals surface area contributed by atoms with Gasteiger partial charge in [0.25, 0.3) is 11.1 Å². The second-order valence-electron chi connectivity index (χ2n) is 6.67. The molecule has 0 unspecified atom stereocenters. The van der Waals surface area contributed by atoms with Gasteiger partial charge in [0.05, 0.1) is 10.8 Å². The molecule has 12 heteroatoms. The molecule has 0 aliphatic carbocycles. The van der Waals surface area contributed by atoms with E-state index < -0.39 is 21.6 Å². The second kappa shape index (κ2) is 9.20. The summed E-state index contributed by atoms with van der Waals surface area (Å²) < 4.78 is 42.7. The maximum absolute atomic E-state index is 13.5. The van der Waals surface area contributed by atoms with Gasteiger partial charge in [-0.3, -0.25) is 10.1 Å². The monoisotopic (exact) mass is 493 g/mol. The van der Waals surface area contributed by atoms with E-state index in [4.69, 9.17) is 11.6 Å². The van der Waals surface area contributed by atoms with Gasteiger partial charge in [0.1, 0.15) is 17.5 Å². The van der Waals surface area contributed by atoms with Crippen LogP contribution < -0.4 is 5.32 Å². The van der Waals surface area contributed by atoms with Crippen LogP contribution in [-0.4, -0.2) is 34.0 Å². The van der Waals surface area contributed by atoms with Crippen LogP contribution in [0.4, 0.5) is 9.52 Å². The van der Waals surface area contributed by atoms with E-state index in [9.17, 15) is 22.9 Å². The lowest BCUT2D eigenvalue weighted by Crippen LogP contribution is -2.14. The number of rotatable bonds is 6. The van der Waals surface area contributed by atoms with Crippen LogP contribution in [0.2, 0.25) is 5.02 Å². The summed E-state index contributed by atoms with van der Waals surface area (Å²) in [5.41, 5.74) is 2.51. The highest BCUT2D eigenvalue weighted by molar-refractivity contribution is 7.91. The maximum Gasteiger partial charge on any atom is 0.268 e. The second-order valence-corrected chi connectivity index (χ2v) is 10.0. The molecule has 2 heterocycles. The highest BCUT2D eigenvalue weighted by Crippen LogP contribution is 2.26. The van der Waals surface area contributed by atoms with Crippen LogP contribution in [0.5, 0.6) is 0 Å². The van der Waals surface area contributed by atoms with Gasteiger partial charge < -0.3 is 4.57 Å². The van der Waals surface area contributed by atoms with Crippen molar-refractivity contribution in [3.63, 3.8) is 0 Å². The molecule has 1 amide bonds. The van der Waals surface area contributed by atoms with E-state index in [1.165, 1.54) is 25.1 Å². The van der Waals surface area contributed by atoms with Crippen molar-refractivity contribution in [1.82, 2.24) is 13.9 Å². The quantitative estimate of drug-likeness (QED) is 0.408. The third kappa shape index (κ3) is 4.72. The number of benzene rings is 1. The maximum atomic E-state index is 13.5. The lowest BCUT2D eigenvalue weighted by atomic mass is 10.1. The molecule has 0 aliphatic rings. The molecule has 166 valence electrons. The van der Waals surface area contributed by atoms with Gasteiger partial charge in [-0.05, 0) is 49.8 Å². The molecule has 0 spiro atoms. The Labute approximate surface area is 193 Å². The third-order valence-corrected chi connectivity index (χ3v) is 7.12. The molecule has 0 radical (unpaired) electrons. The van der Waals surface area contributed by atoms with Crippen molar-refractivity contribution < 1.29 is 17.6 Å². The minimum atomic E-state index is -3.61. The van der Waals surface area contributed by atoms with Gasteiger partial charge in [-0.25, -0.2) is 12.8 Å². The topological polar surface area (TPSA) is 118 Å². The zero-order valence-electron chi connectivity index (χ0n) is 17.2. The number of nitrogens with one attached hydrogen (secondary N) is 1. The molecule has 3 aromatic rings. The van der Waals surface area contributed by atoms with E-state index in [1.54, 1.807) is 19.1 Å². The fourth-order valence-electron chi connectivity index (χ4n) is 2.94. The van der Waals surface area contributed by atoms with Gasteiger partial charge in [-0.15, -0.1) is 0 Å². The van der Waals surface area contributed by atoms with Gasteiger partial charge in [-0.2, -0.15) is 14.6 Å². The number of sulfone groups is 1. The fraction of sp³-hybridized carbons (Fsp3) is 0.200. The van der Waals surface area contributed by atoms with Gasteiger partial charge >= 0.3 is 0 Å². The molecule has 0 saturated carbocycles. The Balaban J connectivity index is 1.90. The molecular formula is C20H17ClFN5O3S2. The lowest BCUT2D eigenvalue weighted by molar-refractivity contribution is -0.112. The Morgan fingerprint density at radius 3 is 2.72 bits per heavy atom. The largest absolute Gasteiger partial charge is 0.318 e. The van der Waals surface area contributed by atoms with Crippen molar-refractivity contribution in [1.29, 1.82) is 5.26 Å². The van der Waals surface area contributed by atoms with Crippen LogP contribution in [0.25, 0.3) is 11.8 Å². The molecule has 0 saturated heterocycles. The molecule has 0 fully saturated rings. The lowest BCUT2D eigenvalue weighted by Gasteiger charge is -2.10. The molecule has 0 bridgehead atoms. The SMILES string of the molecule is CCS(=O)(=O)c1nsc(NC(=O)/C(C#N)=C\c2cc(C)n(-c3ccc(F)c(Cl)c3)c2C)n1. The third-order valence-electron chi connectivity index (χ3n) is 4.58. The molecule has 32 heavy (non-hydrogen) atoms. The Bertz CT molecular complexity index is 1390. The van der Waals surface area contributed by atoms with Crippen molar-refractivity contribution in [2.75, 3.05) is 11.1 Å². The summed E-state index contributed by atoms with van der Waals surface area (Å²) >= 11 is 6.60. The first-order valence-corrected chi connectivity index (χ1v) is 12.0. The van der Waals surface area contributed by atoms with Gasteiger partial charge in [0, 0.05) is 28.6 Å². The molecular weight excluding hydrogens is 477 g/mol. The first kappa shape index (κ1) is 23.6. The molecule has 1 N–H and O–H groups in total. The summed E-state index contributed by atoms with van der Waals surface area (Å²) in [4.78, 5) is 16.4. The first-order valence-electron chi connectivity index (χ1n) is 9.21.